The zero-order valence-electron chi connectivity index (χ0n) is 15.0. The number of carbonyl (C=O) groups is 1. The van der Waals surface area contributed by atoms with E-state index in [1.54, 1.807) is 13.4 Å². The third-order valence-electron chi connectivity index (χ3n) is 4.89. The molecular formula is C19H26N4O2. The van der Waals surface area contributed by atoms with Crippen molar-refractivity contribution in [3.63, 3.8) is 0 Å². The first kappa shape index (κ1) is 17.5. The van der Waals surface area contributed by atoms with Crippen LogP contribution in [0, 0.1) is 0 Å². The number of rotatable bonds is 6. The van der Waals surface area contributed by atoms with Gasteiger partial charge in [0.15, 0.2) is 0 Å². The Hall–Kier alpha value is -2.37. The van der Waals surface area contributed by atoms with Crippen LogP contribution in [0.25, 0.3) is 0 Å². The monoisotopic (exact) mass is 342 g/mol. The van der Waals surface area contributed by atoms with E-state index >= 15 is 0 Å². The summed E-state index contributed by atoms with van der Waals surface area (Å²) in [6.45, 7) is 4.54. The fourth-order valence-electron chi connectivity index (χ4n) is 3.48. The van der Waals surface area contributed by atoms with Crippen LogP contribution in [0.15, 0.2) is 30.6 Å². The van der Waals surface area contributed by atoms with Gasteiger partial charge in [0.25, 0.3) is 0 Å². The molecule has 6 heteroatoms. The normalized spacial score (nSPS) is 17.5. The second-order valence-corrected chi connectivity index (χ2v) is 6.51. The van der Waals surface area contributed by atoms with Gasteiger partial charge < -0.3 is 14.2 Å². The first-order chi connectivity index (χ1) is 12.2. The second-order valence-electron chi connectivity index (χ2n) is 6.51. The van der Waals surface area contributed by atoms with Crippen LogP contribution in [0.2, 0.25) is 0 Å². The van der Waals surface area contributed by atoms with Crippen molar-refractivity contribution in [1.29, 1.82) is 0 Å². The van der Waals surface area contributed by atoms with E-state index in [4.69, 9.17) is 4.74 Å². The summed E-state index contributed by atoms with van der Waals surface area (Å²) in [5, 5.41) is 8.31. The molecule has 6 nitrogen and oxygen atoms in total. The lowest BCUT2D eigenvalue weighted by Gasteiger charge is -2.32. The molecule has 1 aromatic carbocycles. The highest BCUT2D eigenvalue weighted by Crippen LogP contribution is 2.26. The van der Waals surface area contributed by atoms with Crippen molar-refractivity contribution in [2.75, 3.05) is 20.2 Å². The summed E-state index contributed by atoms with van der Waals surface area (Å²) in [7, 11) is 1.66. The number of likely N-dealkylation sites (tertiary alicyclic amines) is 1. The fourth-order valence-corrected chi connectivity index (χ4v) is 3.48. The number of nitrogens with zero attached hydrogens (tertiary/aromatic N) is 4. The van der Waals surface area contributed by atoms with Crippen LogP contribution in [-0.4, -0.2) is 45.8 Å². The summed E-state index contributed by atoms with van der Waals surface area (Å²) >= 11 is 0. The molecule has 0 radical (unpaired) electrons. The lowest BCUT2D eigenvalue weighted by Crippen LogP contribution is -2.39. The first-order valence-corrected chi connectivity index (χ1v) is 8.99. The van der Waals surface area contributed by atoms with Gasteiger partial charge in [0.05, 0.1) is 7.11 Å². The van der Waals surface area contributed by atoms with E-state index in [9.17, 15) is 4.79 Å². The topological polar surface area (TPSA) is 60.2 Å². The minimum Gasteiger partial charge on any atom is -0.497 e. The number of aromatic nitrogens is 3. The molecule has 1 saturated heterocycles. The van der Waals surface area contributed by atoms with Gasteiger partial charge in [0, 0.05) is 32.0 Å². The van der Waals surface area contributed by atoms with Crippen LogP contribution in [0.4, 0.5) is 0 Å². The molecule has 1 atom stereocenters. The van der Waals surface area contributed by atoms with Crippen LogP contribution in [0.5, 0.6) is 5.75 Å². The largest absolute Gasteiger partial charge is 0.497 e. The zero-order valence-corrected chi connectivity index (χ0v) is 15.0. The second kappa shape index (κ2) is 8.14. The molecule has 0 unspecified atom stereocenters. The first-order valence-electron chi connectivity index (χ1n) is 8.99. The highest BCUT2D eigenvalue weighted by Gasteiger charge is 2.27. The predicted molar refractivity (Wildman–Crippen MR) is 95.6 cm³/mol. The van der Waals surface area contributed by atoms with E-state index in [0.29, 0.717) is 6.42 Å². The van der Waals surface area contributed by atoms with Crippen LogP contribution in [0.1, 0.15) is 43.5 Å². The van der Waals surface area contributed by atoms with E-state index in [2.05, 4.69) is 21.7 Å². The maximum atomic E-state index is 12.6. The number of aryl methyl sites for hydroxylation is 2. The quantitative estimate of drug-likeness (QED) is 0.810. The third kappa shape index (κ3) is 4.18. The van der Waals surface area contributed by atoms with Gasteiger partial charge in [-0.2, -0.15) is 0 Å². The van der Waals surface area contributed by atoms with Crippen molar-refractivity contribution in [2.45, 2.75) is 45.1 Å². The zero-order chi connectivity index (χ0) is 17.6. The molecule has 0 spiro atoms. The van der Waals surface area contributed by atoms with E-state index in [0.717, 1.165) is 56.0 Å². The number of hydrogen-bond donors (Lipinski definition) is 0. The van der Waals surface area contributed by atoms with Crippen LogP contribution in [0.3, 0.4) is 0 Å². The molecule has 0 N–H and O–H groups in total. The molecule has 1 aliphatic rings. The number of piperidine rings is 1. The molecule has 2 heterocycles. The van der Waals surface area contributed by atoms with Gasteiger partial charge in [-0.05, 0) is 43.9 Å². The Morgan fingerprint density at radius 2 is 2.28 bits per heavy atom. The minimum atomic E-state index is 0.218. The summed E-state index contributed by atoms with van der Waals surface area (Å²) < 4.78 is 7.32. The molecule has 1 aromatic heterocycles. The average Bonchev–Trinajstić information content (AvgIpc) is 3.15. The minimum absolute atomic E-state index is 0.218. The highest BCUT2D eigenvalue weighted by molar-refractivity contribution is 5.76. The molecule has 25 heavy (non-hydrogen) atoms. The third-order valence-corrected chi connectivity index (χ3v) is 4.89. The van der Waals surface area contributed by atoms with Gasteiger partial charge in [0.2, 0.25) is 5.91 Å². The van der Waals surface area contributed by atoms with Crippen molar-refractivity contribution >= 4 is 5.91 Å². The lowest BCUT2D eigenvalue weighted by atomic mass is 9.96. The van der Waals surface area contributed by atoms with Crippen molar-refractivity contribution in [2.24, 2.45) is 0 Å². The molecule has 0 saturated carbocycles. The molecule has 3 rings (SSSR count). The highest BCUT2D eigenvalue weighted by atomic mass is 16.5. The Bertz CT molecular complexity index is 713. The standard InChI is InChI=1S/C19H26N4O2/c1-3-22-14-20-21-19(22)16-7-5-11-23(13-16)18(24)10-9-15-6-4-8-17(12-15)25-2/h4,6,8,12,14,16H,3,5,7,9-11,13H2,1-2H3/t16-/m1/s1. The van der Waals surface area contributed by atoms with Gasteiger partial charge >= 0.3 is 0 Å². The molecule has 2 aromatic rings. The summed E-state index contributed by atoms with van der Waals surface area (Å²) in [4.78, 5) is 14.6. The summed E-state index contributed by atoms with van der Waals surface area (Å²) in [5.74, 6) is 2.35. The molecule has 0 aliphatic carbocycles. The molecule has 1 amide bonds. The van der Waals surface area contributed by atoms with Gasteiger partial charge in [-0.1, -0.05) is 12.1 Å². The van der Waals surface area contributed by atoms with E-state index in [1.165, 1.54) is 0 Å². The number of ether oxygens (including phenoxy) is 1. The Balaban J connectivity index is 1.58. The Kier molecular flexibility index (Phi) is 5.68. The summed E-state index contributed by atoms with van der Waals surface area (Å²) in [5.41, 5.74) is 1.13. The smallest absolute Gasteiger partial charge is 0.222 e. The average molecular weight is 342 g/mol. The van der Waals surface area contributed by atoms with Crippen molar-refractivity contribution in [1.82, 2.24) is 19.7 Å². The van der Waals surface area contributed by atoms with Gasteiger partial charge in [0.1, 0.15) is 17.9 Å². The Morgan fingerprint density at radius 3 is 3.08 bits per heavy atom. The number of carbonyl (C=O) groups excluding carboxylic acids is 1. The fraction of sp³-hybridized carbons (Fsp3) is 0.526. The molecule has 0 bridgehead atoms. The Morgan fingerprint density at radius 1 is 1.40 bits per heavy atom. The maximum absolute atomic E-state index is 12.6. The molecule has 134 valence electrons. The van der Waals surface area contributed by atoms with E-state index in [-0.39, 0.29) is 11.8 Å². The maximum Gasteiger partial charge on any atom is 0.222 e. The number of benzene rings is 1. The van der Waals surface area contributed by atoms with Crippen molar-refractivity contribution in [3.8, 4) is 5.75 Å². The molecular weight excluding hydrogens is 316 g/mol. The SMILES string of the molecule is CCn1cnnc1[C@@H]1CCCN(C(=O)CCc2cccc(OC)c2)C1. The summed E-state index contributed by atoms with van der Waals surface area (Å²) in [6.07, 6.45) is 5.13. The molecule has 1 aliphatic heterocycles. The van der Waals surface area contributed by atoms with E-state index in [1.807, 2.05) is 29.2 Å². The number of hydrogen-bond acceptors (Lipinski definition) is 4. The van der Waals surface area contributed by atoms with Gasteiger partial charge in [-0.15, -0.1) is 10.2 Å². The number of amides is 1. The Labute approximate surface area is 148 Å². The predicted octanol–water partition coefficient (Wildman–Crippen LogP) is 2.65. The summed E-state index contributed by atoms with van der Waals surface area (Å²) in [6, 6.07) is 7.92. The van der Waals surface area contributed by atoms with Crippen molar-refractivity contribution < 1.29 is 9.53 Å². The van der Waals surface area contributed by atoms with Crippen molar-refractivity contribution in [3.05, 3.63) is 42.0 Å². The number of methoxy groups -OCH3 is 1. The van der Waals surface area contributed by atoms with Crippen LogP contribution in [-0.2, 0) is 17.8 Å². The van der Waals surface area contributed by atoms with Crippen LogP contribution < -0.4 is 4.74 Å². The van der Waals surface area contributed by atoms with Gasteiger partial charge in [-0.3, -0.25) is 4.79 Å². The van der Waals surface area contributed by atoms with Gasteiger partial charge in [-0.25, -0.2) is 0 Å². The molecule has 1 fully saturated rings. The van der Waals surface area contributed by atoms with E-state index < -0.39 is 0 Å². The lowest BCUT2D eigenvalue weighted by molar-refractivity contribution is -0.132. The van der Waals surface area contributed by atoms with Crippen LogP contribution >= 0.6 is 0 Å².